The van der Waals surface area contributed by atoms with Crippen molar-refractivity contribution < 1.29 is 9.90 Å². The zero-order chi connectivity index (χ0) is 16.4. The number of aliphatic carboxylic acids is 1. The molecule has 2 N–H and O–H groups in total. The Balaban J connectivity index is 2.09. The Morgan fingerprint density at radius 1 is 1.00 bits per heavy atom. The summed E-state index contributed by atoms with van der Waals surface area (Å²) < 4.78 is 0. The molecular formula is C19H18N2O2. The summed E-state index contributed by atoms with van der Waals surface area (Å²) in [6.45, 7) is 3.41. The van der Waals surface area contributed by atoms with E-state index in [0.29, 0.717) is 0 Å². The summed E-state index contributed by atoms with van der Waals surface area (Å²) in [5.41, 5.74) is 2.25. The number of hydrogen-bond donors (Lipinski definition) is 2. The van der Waals surface area contributed by atoms with E-state index in [1.54, 1.807) is 20.0 Å². The van der Waals surface area contributed by atoms with Crippen LogP contribution in [0.2, 0.25) is 0 Å². The third kappa shape index (κ3) is 2.75. The summed E-state index contributed by atoms with van der Waals surface area (Å²) in [7, 11) is 0. The van der Waals surface area contributed by atoms with Crippen LogP contribution in [0.1, 0.15) is 19.4 Å². The molecule has 23 heavy (non-hydrogen) atoms. The molecule has 1 aromatic heterocycles. The molecule has 0 amide bonds. The normalized spacial score (nSPS) is 11.4. The van der Waals surface area contributed by atoms with E-state index >= 15 is 0 Å². The van der Waals surface area contributed by atoms with Crippen LogP contribution in [-0.4, -0.2) is 16.1 Å². The monoisotopic (exact) mass is 306 g/mol. The molecule has 4 heteroatoms. The second-order valence-electron chi connectivity index (χ2n) is 5.98. The van der Waals surface area contributed by atoms with E-state index in [4.69, 9.17) is 0 Å². The van der Waals surface area contributed by atoms with Crippen LogP contribution < -0.4 is 5.32 Å². The van der Waals surface area contributed by atoms with Gasteiger partial charge in [-0.3, -0.25) is 9.78 Å². The number of aromatic nitrogens is 1. The first-order valence-corrected chi connectivity index (χ1v) is 7.44. The number of nitrogens with zero attached hydrogens (tertiary/aromatic N) is 1. The molecule has 116 valence electrons. The lowest BCUT2D eigenvalue weighted by Gasteiger charge is -2.23. The molecule has 0 saturated heterocycles. The molecule has 0 aliphatic rings. The van der Waals surface area contributed by atoms with Crippen LogP contribution >= 0.6 is 0 Å². The molecule has 2 aromatic carbocycles. The second kappa shape index (κ2) is 5.72. The van der Waals surface area contributed by atoms with Gasteiger partial charge in [-0.2, -0.15) is 0 Å². The minimum Gasteiger partial charge on any atom is -0.481 e. The summed E-state index contributed by atoms with van der Waals surface area (Å²) >= 11 is 0. The summed E-state index contributed by atoms with van der Waals surface area (Å²) in [6, 6.07) is 17.3. The molecule has 1 heterocycles. The SMILES string of the molecule is CC(C)(C(=O)O)c1ccccc1Nc1cccc2cccnc12. The molecule has 0 spiro atoms. The van der Waals surface area contributed by atoms with Crippen molar-refractivity contribution >= 4 is 28.2 Å². The minimum atomic E-state index is -0.985. The first-order chi connectivity index (χ1) is 11.0. The van der Waals surface area contributed by atoms with Gasteiger partial charge in [0.1, 0.15) is 0 Å². The predicted molar refractivity (Wildman–Crippen MR) is 92.1 cm³/mol. The largest absolute Gasteiger partial charge is 0.481 e. The molecule has 0 aliphatic heterocycles. The highest BCUT2D eigenvalue weighted by Crippen LogP contribution is 2.33. The van der Waals surface area contributed by atoms with Crippen molar-refractivity contribution in [3.05, 3.63) is 66.4 Å². The van der Waals surface area contributed by atoms with Gasteiger partial charge in [0.25, 0.3) is 0 Å². The van der Waals surface area contributed by atoms with Crippen molar-refractivity contribution in [3.63, 3.8) is 0 Å². The lowest BCUT2D eigenvalue weighted by Crippen LogP contribution is -2.29. The van der Waals surface area contributed by atoms with E-state index in [1.165, 1.54) is 0 Å². The van der Waals surface area contributed by atoms with Gasteiger partial charge in [0, 0.05) is 17.3 Å². The zero-order valence-corrected chi connectivity index (χ0v) is 13.1. The highest BCUT2D eigenvalue weighted by molar-refractivity contribution is 5.93. The maximum absolute atomic E-state index is 11.6. The van der Waals surface area contributed by atoms with Crippen molar-refractivity contribution in [3.8, 4) is 0 Å². The van der Waals surface area contributed by atoms with E-state index in [9.17, 15) is 9.90 Å². The van der Waals surface area contributed by atoms with E-state index in [1.807, 2.05) is 54.6 Å². The Hall–Kier alpha value is -2.88. The number of pyridine rings is 1. The first-order valence-electron chi connectivity index (χ1n) is 7.44. The lowest BCUT2D eigenvalue weighted by atomic mass is 9.83. The van der Waals surface area contributed by atoms with Crippen LogP contribution in [0.25, 0.3) is 10.9 Å². The summed E-state index contributed by atoms with van der Waals surface area (Å²) in [4.78, 5) is 16.0. The summed E-state index contributed by atoms with van der Waals surface area (Å²) in [6.07, 6.45) is 1.75. The van der Waals surface area contributed by atoms with E-state index < -0.39 is 11.4 Å². The number of hydrogen-bond acceptors (Lipinski definition) is 3. The molecule has 0 saturated carbocycles. The average Bonchev–Trinajstić information content (AvgIpc) is 2.55. The Bertz CT molecular complexity index is 867. The molecule has 0 unspecified atom stereocenters. The fraction of sp³-hybridized carbons (Fsp3) is 0.158. The Kier molecular flexibility index (Phi) is 3.74. The van der Waals surface area contributed by atoms with E-state index in [-0.39, 0.29) is 0 Å². The number of benzene rings is 2. The number of carboxylic acid groups (broad SMARTS) is 1. The lowest BCUT2D eigenvalue weighted by molar-refractivity contribution is -0.142. The van der Waals surface area contributed by atoms with Crippen molar-refractivity contribution in [2.24, 2.45) is 0 Å². The third-order valence-corrected chi connectivity index (χ3v) is 4.04. The number of nitrogens with one attached hydrogen (secondary N) is 1. The molecule has 0 aliphatic carbocycles. The smallest absolute Gasteiger partial charge is 0.313 e. The van der Waals surface area contributed by atoms with E-state index in [0.717, 1.165) is 27.8 Å². The fourth-order valence-electron chi connectivity index (χ4n) is 2.60. The number of rotatable bonds is 4. The van der Waals surface area contributed by atoms with Crippen LogP contribution in [0.3, 0.4) is 0 Å². The molecule has 3 rings (SSSR count). The first kappa shape index (κ1) is 15.0. The fourth-order valence-corrected chi connectivity index (χ4v) is 2.60. The highest BCUT2D eigenvalue weighted by atomic mass is 16.4. The Labute approximate surface area is 134 Å². The second-order valence-corrected chi connectivity index (χ2v) is 5.98. The van der Waals surface area contributed by atoms with Gasteiger partial charge in [-0.1, -0.05) is 36.4 Å². The van der Waals surface area contributed by atoms with Crippen LogP contribution in [0, 0.1) is 0 Å². The number of anilines is 2. The number of carbonyl (C=O) groups is 1. The van der Waals surface area contributed by atoms with Gasteiger partial charge in [0.2, 0.25) is 0 Å². The number of para-hydroxylation sites is 2. The zero-order valence-electron chi connectivity index (χ0n) is 13.1. The molecule has 0 radical (unpaired) electrons. The molecule has 3 aromatic rings. The maximum Gasteiger partial charge on any atom is 0.313 e. The van der Waals surface area contributed by atoms with Crippen molar-refractivity contribution in [2.75, 3.05) is 5.32 Å². The third-order valence-electron chi connectivity index (χ3n) is 4.04. The van der Waals surface area contributed by atoms with Gasteiger partial charge in [-0.25, -0.2) is 0 Å². The van der Waals surface area contributed by atoms with Crippen LogP contribution in [0.15, 0.2) is 60.8 Å². The van der Waals surface area contributed by atoms with E-state index in [2.05, 4.69) is 10.3 Å². The topological polar surface area (TPSA) is 62.2 Å². The van der Waals surface area contributed by atoms with Gasteiger partial charge in [0.15, 0.2) is 0 Å². The van der Waals surface area contributed by atoms with Gasteiger partial charge >= 0.3 is 5.97 Å². The van der Waals surface area contributed by atoms with Crippen molar-refractivity contribution in [2.45, 2.75) is 19.3 Å². The quantitative estimate of drug-likeness (QED) is 0.752. The number of fused-ring (bicyclic) bond motifs is 1. The maximum atomic E-state index is 11.6. The minimum absolute atomic E-state index is 0.737. The summed E-state index contributed by atoms with van der Waals surface area (Å²) in [5, 5.41) is 13.9. The Morgan fingerprint density at radius 2 is 1.70 bits per heavy atom. The Morgan fingerprint density at radius 3 is 2.48 bits per heavy atom. The molecule has 4 nitrogen and oxygen atoms in total. The van der Waals surface area contributed by atoms with Crippen molar-refractivity contribution in [1.29, 1.82) is 0 Å². The van der Waals surface area contributed by atoms with Gasteiger partial charge in [-0.05, 0) is 37.6 Å². The standard InChI is InChI=1S/C19H18N2O2/c1-19(2,18(22)23)14-9-3-4-10-15(14)21-16-11-5-7-13-8-6-12-20-17(13)16/h3-12,21H,1-2H3,(H,22,23). The molecule has 0 fully saturated rings. The van der Waals surface area contributed by atoms with Crippen LogP contribution in [0.4, 0.5) is 11.4 Å². The highest BCUT2D eigenvalue weighted by Gasteiger charge is 2.31. The summed E-state index contributed by atoms with van der Waals surface area (Å²) in [5.74, 6) is -0.859. The molecule has 0 atom stereocenters. The van der Waals surface area contributed by atoms with Gasteiger partial charge < -0.3 is 10.4 Å². The molecular weight excluding hydrogens is 288 g/mol. The average molecular weight is 306 g/mol. The van der Waals surface area contributed by atoms with Crippen LogP contribution in [0.5, 0.6) is 0 Å². The molecule has 0 bridgehead atoms. The predicted octanol–water partition coefficient (Wildman–Crippen LogP) is 4.34. The van der Waals surface area contributed by atoms with Gasteiger partial charge in [0.05, 0.1) is 16.6 Å². The van der Waals surface area contributed by atoms with Gasteiger partial charge in [-0.15, -0.1) is 0 Å². The van der Waals surface area contributed by atoms with Crippen molar-refractivity contribution in [1.82, 2.24) is 4.98 Å². The number of carboxylic acids is 1. The van der Waals surface area contributed by atoms with Crippen LogP contribution in [-0.2, 0) is 10.2 Å².